The molecule has 10 heteroatoms. The van der Waals surface area contributed by atoms with Crippen LogP contribution < -0.4 is 14.4 Å². The number of alkyl halides is 3. The van der Waals surface area contributed by atoms with Crippen LogP contribution in [-0.2, 0) is 21.0 Å². The van der Waals surface area contributed by atoms with E-state index in [0.29, 0.717) is 21.7 Å². The molecule has 0 radical (unpaired) electrons. The maximum absolute atomic E-state index is 13.1. The van der Waals surface area contributed by atoms with Crippen LogP contribution in [0.3, 0.4) is 0 Å². The SMILES string of the molecule is COc1ccccc1[C@@H](C)NC(=O)[C@@H](C)N(c1cccc(C(F)(F)F)c1)S(C)(=O)=O. The van der Waals surface area contributed by atoms with E-state index in [1.54, 1.807) is 31.2 Å². The number of nitrogens with zero attached hydrogens (tertiary/aromatic N) is 1. The number of ether oxygens (including phenoxy) is 1. The first-order valence-corrected chi connectivity index (χ1v) is 10.8. The van der Waals surface area contributed by atoms with Crippen molar-refractivity contribution in [1.29, 1.82) is 0 Å². The van der Waals surface area contributed by atoms with Crippen molar-refractivity contribution in [1.82, 2.24) is 5.32 Å². The Morgan fingerprint density at radius 3 is 2.30 bits per heavy atom. The van der Waals surface area contributed by atoms with E-state index in [1.807, 2.05) is 0 Å². The number of methoxy groups -OCH3 is 1. The van der Waals surface area contributed by atoms with Crippen LogP contribution in [0.4, 0.5) is 18.9 Å². The Bertz CT molecular complexity index is 1010. The lowest BCUT2D eigenvalue weighted by molar-refractivity contribution is -0.137. The Morgan fingerprint density at radius 2 is 1.73 bits per heavy atom. The smallest absolute Gasteiger partial charge is 0.416 e. The summed E-state index contributed by atoms with van der Waals surface area (Å²) < 4.78 is 69.8. The zero-order valence-corrected chi connectivity index (χ0v) is 17.7. The van der Waals surface area contributed by atoms with E-state index in [4.69, 9.17) is 4.74 Å². The molecule has 1 amide bonds. The zero-order valence-electron chi connectivity index (χ0n) is 16.9. The number of carbonyl (C=O) groups excluding carboxylic acids is 1. The molecule has 0 aliphatic heterocycles. The number of amides is 1. The number of para-hydroxylation sites is 1. The maximum Gasteiger partial charge on any atom is 0.416 e. The summed E-state index contributed by atoms with van der Waals surface area (Å²) in [6, 6.07) is 9.01. The normalized spacial score (nSPS) is 14.0. The lowest BCUT2D eigenvalue weighted by Crippen LogP contribution is -2.48. The van der Waals surface area contributed by atoms with Crippen LogP contribution in [0.5, 0.6) is 5.75 Å². The molecule has 2 atom stereocenters. The summed E-state index contributed by atoms with van der Waals surface area (Å²) in [6.07, 6.45) is -3.82. The molecule has 2 rings (SSSR count). The quantitative estimate of drug-likeness (QED) is 0.706. The number of benzene rings is 2. The highest BCUT2D eigenvalue weighted by molar-refractivity contribution is 7.92. The van der Waals surface area contributed by atoms with Gasteiger partial charge in [0.05, 0.1) is 30.7 Å². The molecule has 0 saturated heterocycles. The van der Waals surface area contributed by atoms with E-state index in [1.165, 1.54) is 20.1 Å². The number of nitrogens with one attached hydrogen (secondary N) is 1. The molecule has 6 nitrogen and oxygen atoms in total. The molecule has 2 aromatic rings. The molecular formula is C20H23F3N2O4S. The van der Waals surface area contributed by atoms with Gasteiger partial charge in [0.2, 0.25) is 15.9 Å². The fourth-order valence-electron chi connectivity index (χ4n) is 3.06. The summed E-state index contributed by atoms with van der Waals surface area (Å²) >= 11 is 0. The van der Waals surface area contributed by atoms with Crippen molar-refractivity contribution in [3.05, 3.63) is 59.7 Å². The fourth-order valence-corrected chi connectivity index (χ4v) is 4.23. The van der Waals surface area contributed by atoms with Crippen LogP contribution >= 0.6 is 0 Å². The topological polar surface area (TPSA) is 75.7 Å². The standard InChI is InChI=1S/C20H23F3N2O4S/c1-13(17-10-5-6-11-18(17)29-3)24-19(26)14(2)25(30(4,27)28)16-9-7-8-15(12-16)20(21,22)23/h5-14H,1-4H3,(H,24,26)/t13-,14-/m1/s1. The largest absolute Gasteiger partial charge is 0.496 e. The predicted octanol–water partition coefficient (Wildman–Crippen LogP) is 3.75. The number of rotatable bonds is 7. The van der Waals surface area contributed by atoms with Gasteiger partial charge in [-0.05, 0) is 38.1 Å². The number of hydrogen-bond acceptors (Lipinski definition) is 4. The fraction of sp³-hybridized carbons (Fsp3) is 0.350. The van der Waals surface area contributed by atoms with E-state index in [0.717, 1.165) is 18.4 Å². The third-order valence-corrected chi connectivity index (χ3v) is 5.72. The van der Waals surface area contributed by atoms with Crippen molar-refractivity contribution < 1.29 is 31.1 Å². The molecule has 164 valence electrons. The van der Waals surface area contributed by atoms with Gasteiger partial charge in [0.25, 0.3) is 0 Å². The van der Waals surface area contributed by atoms with Gasteiger partial charge in [-0.15, -0.1) is 0 Å². The van der Waals surface area contributed by atoms with Crippen LogP contribution in [0.2, 0.25) is 0 Å². The van der Waals surface area contributed by atoms with E-state index in [9.17, 15) is 26.4 Å². The van der Waals surface area contributed by atoms with Crippen molar-refractivity contribution in [2.45, 2.75) is 32.1 Å². The zero-order chi connectivity index (χ0) is 22.7. The Labute approximate surface area is 173 Å². The molecular weight excluding hydrogens is 421 g/mol. The van der Waals surface area contributed by atoms with Crippen molar-refractivity contribution >= 4 is 21.6 Å². The van der Waals surface area contributed by atoms with Crippen LogP contribution in [0.1, 0.15) is 31.0 Å². The molecule has 0 aliphatic carbocycles. The first-order valence-electron chi connectivity index (χ1n) is 8.96. The Balaban J connectivity index is 2.34. The van der Waals surface area contributed by atoms with Gasteiger partial charge in [0, 0.05) is 5.56 Å². The Hall–Kier alpha value is -2.75. The minimum atomic E-state index is -4.65. The minimum Gasteiger partial charge on any atom is -0.496 e. The van der Waals surface area contributed by atoms with Gasteiger partial charge >= 0.3 is 6.18 Å². The van der Waals surface area contributed by atoms with E-state index in [-0.39, 0.29) is 5.69 Å². The molecule has 0 saturated carbocycles. The lowest BCUT2D eigenvalue weighted by atomic mass is 10.1. The summed E-state index contributed by atoms with van der Waals surface area (Å²) in [5.41, 5.74) is -0.589. The number of carbonyl (C=O) groups is 1. The Kier molecular flexibility index (Phi) is 7.02. The van der Waals surface area contributed by atoms with Gasteiger partial charge in [0.1, 0.15) is 11.8 Å². The van der Waals surface area contributed by atoms with E-state index >= 15 is 0 Å². The summed E-state index contributed by atoms with van der Waals surface area (Å²) in [5, 5.41) is 2.69. The van der Waals surface area contributed by atoms with Gasteiger partial charge in [-0.3, -0.25) is 9.10 Å². The lowest BCUT2D eigenvalue weighted by Gasteiger charge is -2.30. The first kappa shape index (κ1) is 23.5. The summed E-state index contributed by atoms with van der Waals surface area (Å²) in [4.78, 5) is 12.8. The molecule has 0 heterocycles. The van der Waals surface area contributed by atoms with Gasteiger partial charge in [-0.2, -0.15) is 13.2 Å². The molecule has 1 N–H and O–H groups in total. The molecule has 0 aromatic heterocycles. The van der Waals surface area contributed by atoms with Gasteiger partial charge in [-0.1, -0.05) is 24.3 Å². The Morgan fingerprint density at radius 1 is 1.10 bits per heavy atom. The second-order valence-electron chi connectivity index (χ2n) is 6.76. The molecule has 30 heavy (non-hydrogen) atoms. The number of sulfonamides is 1. The van der Waals surface area contributed by atoms with Gasteiger partial charge in [0.15, 0.2) is 0 Å². The first-order chi connectivity index (χ1) is 13.9. The molecule has 0 unspecified atom stereocenters. The van der Waals surface area contributed by atoms with Crippen LogP contribution in [0.25, 0.3) is 0 Å². The average molecular weight is 444 g/mol. The van der Waals surface area contributed by atoms with Crippen LogP contribution in [-0.4, -0.2) is 33.7 Å². The monoisotopic (exact) mass is 444 g/mol. The average Bonchev–Trinajstić information content (AvgIpc) is 2.66. The molecule has 0 spiro atoms. The number of hydrogen-bond donors (Lipinski definition) is 1. The molecule has 0 fully saturated rings. The highest BCUT2D eigenvalue weighted by Gasteiger charge is 2.34. The predicted molar refractivity (Wildman–Crippen MR) is 108 cm³/mol. The van der Waals surface area contributed by atoms with Crippen LogP contribution in [0, 0.1) is 0 Å². The molecule has 2 aromatic carbocycles. The summed E-state index contributed by atoms with van der Waals surface area (Å²) in [7, 11) is -2.58. The third kappa shape index (κ3) is 5.44. The summed E-state index contributed by atoms with van der Waals surface area (Å²) in [6.45, 7) is 3.00. The maximum atomic E-state index is 13.1. The van der Waals surface area contributed by atoms with E-state index in [2.05, 4.69) is 5.32 Å². The van der Waals surface area contributed by atoms with Crippen molar-refractivity contribution in [3.63, 3.8) is 0 Å². The number of anilines is 1. The molecule has 0 aliphatic rings. The second-order valence-corrected chi connectivity index (χ2v) is 8.61. The third-order valence-electron chi connectivity index (χ3n) is 4.48. The summed E-state index contributed by atoms with van der Waals surface area (Å²) in [5.74, 6) is -0.132. The minimum absolute atomic E-state index is 0.250. The van der Waals surface area contributed by atoms with Gasteiger partial charge < -0.3 is 10.1 Å². The second kappa shape index (κ2) is 8.95. The van der Waals surface area contributed by atoms with Crippen molar-refractivity contribution in [2.75, 3.05) is 17.7 Å². The van der Waals surface area contributed by atoms with Crippen molar-refractivity contribution in [2.24, 2.45) is 0 Å². The highest BCUT2D eigenvalue weighted by atomic mass is 32.2. The van der Waals surface area contributed by atoms with Crippen molar-refractivity contribution in [3.8, 4) is 5.75 Å². The molecule has 0 bridgehead atoms. The van der Waals surface area contributed by atoms with Crippen LogP contribution in [0.15, 0.2) is 48.5 Å². The number of halogens is 3. The van der Waals surface area contributed by atoms with E-state index < -0.39 is 39.8 Å². The highest BCUT2D eigenvalue weighted by Crippen LogP contribution is 2.33. The van der Waals surface area contributed by atoms with Gasteiger partial charge in [-0.25, -0.2) is 8.42 Å².